The maximum Gasteiger partial charge on any atom is 0.270 e. The van der Waals surface area contributed by atoms with Gasteiger partial charge in [0.1, 0.15) is 6.33 Å². The third-order valence-electron chi connectivity index (χ3n) is 1.29. The first-order chi connectivity index (χ1) is 5.41. The molecule has 3 nitrogen and oxygen atoms in total. The van der Waals surface area contributed by atoms with E-state index in [0.717, 1.165) is 0 Å². The van der Waals surface area contributed by atoms with E-state index in [2.05, 4.69) is 10.1 Å². The van der Waals surface area contributed by atoms with Crippen molar-refractivity contribution in [1.29, 1.82) is 0 Å². The summed E-state index contributed by atoms with van der Waals surface area (Å²) in [5.41, 5.74) is 0. The summed E-state index contributed by atoms with van der Waals surface area (Å²) in [6.07, 6.45) is 1.55. The smallest absolute Gasteiger partial charge is 0.250 e. The fourth-order valence-electron chi connectivity index (χ4n) is 0.654. The molecule has 0 aliphatic carbocycles. The van der Waals surface area contributed by atoms with Crippen molar-refractivity contribution in [3.8, 4) is 0 Å². The quantitative estimate of drug-likeness (QED) is 0.570. The van der Waals surface area contributed by atoms with Crippen LogP contribution < -0.4 is 0 Å². The molecule has 12 heavy (non-hydrogen) atoms. The predicted octanol–water partition coefficient (Wildman–Crippen LogP) is 2.81. The molecule has 6 heteroatoms. The van der Waals surface area contributed by atoms with Crippen molar-refractivity contribution in [2.24, 2.45) is 0 Å². The van der Waals surface area contributed by atoms with Gasteiger partial charge >= 0.3 is 0 Å². The summed E-state index contributed by atoms with van der Waals surface area (Å²) in [5.74, 6) is 0.220. The Hall–Kier alpha value is 0.530. The van der Waals surface area contributed by atoms with E-state index in [0.29, 0.717) is 0 Å². The van der Waals surface area contributed by atoms with Crippen LogP contribution in [0.5, 0.6) is 0 Å². The zero-order valence-corrected chi connectivity index (χ0v) is 10.9. The first-order valence-electron chi connectivity index (χ1n) is 3.39. The molecule has 0 N–H and O–H groups in total. The second-order valence-electron chi connectivity index (χ2n) is 2.64. The molecule has 1 aromatic heterocycles. The summed E-state index contributed by atoms with van der Waals surface area (Å²) >= 11 is 3.32. The van der Waals surface area contributed by atoms with E-state index < -0.39 is 1.68 Å². The summed E-state index contributed by atoms with van der Waals surface area (Å²) in [5, 5.41) is 4.00. The van der Waals surface area contributed by atoms with Crippen LogP contribution >= 0.6 is 45.2 Å². The summed E-state index contributed by atoms with van der Waals surface area (Å²) < 4.78 is 13.4. The molecule has 0 unspecified atom stereocenters. The maximum absolute atomic E-state index is 13.2. The number of alkyl halides is 3. The second kappa shape index (κ2) is 3.72. The first kappa shape index (κ1) is 10.6. The highest BCUT2D eigenvalue weighted by Crippen LogP contribution is 2.38. The SMILES string of the molecule is CC(C)n1cnc(C(F)(I)I)n1. The summed E-state index contributed by atoms with van der Waals surface area (Å²) in [6, 6.07) is 0.224. The Morgan fingerprint density at radius 2 is 2.17 bits per heavy atom. The fraction of sp³-hybridized carbons (Fsp3) is 0.667. The van der Waals surface area contributed by atoms with Gasteiger partial charge in [-0.05, 0) is 59.0 Å². The van der Waals surface area contributed by atoms with Gasteiger partial charge in [0, 0.05) is 6.04 Å². The van der Waals surface area contributed by atoms with Crippen LogP contribution in [0.15, 0.2) is 6.33 Å². The van der Waals surface area contributed by atoms with E-state index in [4.69, 9.17) is 0 Å². The third kappa shape index (κ3) is 2.51. The molecule has 0 radical (unpaired) electrons. The fourth-order valence-corrected chi connectivity index (χ4v) is 1.15. The van der Waals surface area contributed by atoms with Crippen molar-refractivity contribution in [3.05, 3.63) is 12.2 Å². The molecule has 1 aromatic rings. The summed E-state index contributed by atoms with van der Waals surface area (Å²) in [6.45, 7) is 3.94. The minimum absolute atomic E-state index is 0.220. The monoisotopic (exact) mass is 395 g/mol. The molecule has 0 fully saturated rings. The summed E-state index contributed by atoms with van der Waals surface area (Å²) in [4.78, 5) is 3.87. The Morgan fingerprint density at radius 1 is 1.58 bits per heavy atom. The van der Waals surface area contributed by atoms with Crippen molar-refractivity contribution in [3.63, 3.8) is 0 Å². The standard InChI is InChI=1S/C6H8FI2N3/c1-4(2)12-3-10-5(11-12)6(7,8)9/h3-4H,1-2H3. The van der Waals surface area contributed by atoms with Gasteiger partial charge < -0.3 is 0 Å². The minimum Gasteiger partial charge on any atom is -0.250 e. The highest BCUT2D eigenvalue weighted by atomic mass is 127. The van der Waals surface area contributed by atoms with Crippen LogP contribution in [0.4, 0.5) is 4.39 Å². The van der Waals surface area contributed by atoms with Gasteiger partial charge in [0.15, 0.2) is 0 Å². The molecule has 1 heterocycles. The van der Waals surface area contributed by atoms with Gasteiger partial charge in [0.2, 0.25) is 5.82 Å². The number of hydrogen-bond acceptors (Lipinski definition) is 2. The minimum atomic E-state index is -1.50. The number of rotatable bonds is 2. The number of halogens is 3. The molecule has 0 amide bonds. The highest BCUT2D eigenvalue weighted by Gasteiger charge is 2.28. The molecule has 0 aromatic carbocycles. The van der Waals surface area contributed by atoms with Crippen molar-refractivity contribution < 1.29 is 4.39 Å². The molecule has 0 spiro atoms. The lowest BCUT2D eigenvalue weighted by Gasteiger charge is -2.05. The zero-order chi connectivity index (χ0) is 9.35. The third-order valence-corrected chi connectivity index (χ3v) is 2.26. The topological polar surface area (TPSA) is 30.7 Å². The molecule has 68 valence electrons. The Morgan fingerprint density at radius 3 is 2.42 bits per heavy atom. The van der Waals surface area contributed by atoms with Crippen LogP contribution in [0.1, 0.15) is 25.7 Å². The van der Waals surface area contributed by atoms with E-state index in [-0.39, 0.29) is 11.9 Å². The Labute approximate surface area is 97.4 Å². The van der Waals surface area contributed by atoms with Crippen LogP contribution in [-0.2, 0) is 1.68 Å². The molecule has 1 rings (SSSR count). The molecule has 0 aliphatic heterocycles. The van der Waals surface area contributed by atoms with E-state index >= 15 is 0 Å². The zero-order valence-electron chi connectivity index (χ0n) is 6.63. The van der Waals surface area contributed by atoms with Crippen LogP contribution in [0.2, 0.25) is 0 Å². The molecule has 0 saturated heterocycles. The number of aromatic nitrogens is 3. The lowest BCUT2D eigenvalue weighted by molar-refractivity contribution is 0.439. The molecule has 0 aliphatic rings. The van der Waals surface area contributed by atoms with Crippen LogP contribution in [0.3, 0.4) is 0 Å². The van der Waals surface area contributed by atoms with Crippen molar-refractivity contribution in [1.82, 2.24) is 14.8 Å². The van der Waals surface area contributed by atoms with Gasteiger partial charge in [0.05, 0.1) is 0 Å². The Kier molecular flexibility index (Phi) is 3.29. The van der Waals surface area contributed by atoms with Crippen molar-refractivity contribution in [2.75, 3.05) is 0 Å². The first-order valence-corrected chi connectivity index (χ1v) is 5.55. The maximum atomic E-state index is 13.2. The van der Waals surface area contributed by atoms with Gasteiger partial charge in [-0.15, -0.1) is 0 Å². The highest BCUT2D eigenvalue weighted by molar-refractivity contribution is 14.2. The predicted molar refractivity (Wildman–Crippen MR) is 61.2 cm³/mol. The van der Waals surface area contributed by atoms with Gasteiger partial charge in [-0.25, -0.2) is 9.37 Å². The van der Waals surface area contributed by atoms with Crippen molar-refractivity contribution >= 4 is 45.2 Å². The normalized spacial score (nSPS) is 12.5. The average molecular weight is 395 g/mol. The Bertz CT molecular complexity index is 266. The van der Waals surface area contributed by atoms with E-state index in [1.54, 1.807) is 56.2 Å². The number of nitrogens with zero attached hydrogens (tertiary/aromatic N) is 3. The molecular formula is C6H8FI2N3. The number of hydrogen-bond donors (Lipinski definition) is 0. The van der Waals surface area contributed by atoms with Crippen LogP contribution in [0, 0.1) is 0 Å². The molecular weight excluding hydrogens is 387 g/mol. The lowest BCUT2D eigenvalue weighted by atomic mass is 10.4. The largest absolute Gasteiger partial charge is 0.270 e. The van der Waals surface area contributed by atoms with E-state index in [9.17, 15) is 4.39 Å². The van der Waals surface area contributed by atoms with Gasteiger partial charge in [-0.2, -0.15) is 5.10 Å². The second-order valence-corrected chi connectivity index (χ2v) is 7.68. The van der Waals surface area contributed by atoms with Crippen LogP contribution in [0.25, 0.3) is 0 Å². The molecule has 0 bridgehead atoms. The summed E-state index contributed by atoms with van der Waals surface area (Å²) in [7, 11) is 0. The van der Waals surface area contributed by atoms with Crippen molar-refractivity contribution in [2.45, 2.75) is 21.6 Å². The van der Waals surface area contributed by atoms with Gasteiger partial charge in [-0.1, -0.05) is 0 Å². The van der Waals surface area contributed by atoms with Crippen LogP contribution in [-0.4, -0.2) is 14.8 Å². The Balaban J connectivity index is 2.92. The van der Waals surface area contributed by atoms with E-state index in [1.165, 1.54) is 0 Å². The van der Waals surface area contributed by atoms with Gasteiger partial charge in [0.25, 0.3) is 1.68 Å². The molecule has 0 atom stereocenters. The average Bonchev–Trinajstić information content (AvgIpc) is 2.30. The lowest BCUT2D eigenvalue weighted by Crippen LogP contribution is -2.06. The van der Waals surface area contributed by atoms with Gasteiger partial charge in [-0.3, -0.25) is 4.68 Å². The van der Waals surface area contributed by atoms with E-state index in [1.807, 2.05) is 13.8 Å². The molecule has 0 saturated carbocycles.